The zero-order chi connectivity index (χ0) is 19.7. The van der Waals surface area contributed by atoms with Gasteiger partial charge in [-0.2, -0.15) is 0 Å². The summed E-state index contributed by atoms with van der Waals surface area (Å²) in [6.07, 6.45) is 1.19. The van der Waals surface area contributed by atoms with Gasteiger partial charge in [-0.15, -0.1) is 0 Å². The highest BCUT2D eigenvalue weighted by molar-refractivity contribution is 6.30. The average molecular weight is 383 g/mol. The quantitative estimate of drug-likeness (QED) is 0.643. The normalized spacial score (nSPS) is 13.0. The van der Waals surface area contributed by atoms with Crippen LogP contribution in [0.2, 0.25) is 5.02 Å². The lowest BCUT2D eigenvalue weighted by Gasteiger charge is -2.20. The number of hydrogen-bond donors (Lipinski definition) is 2. The van der Waals surface area contributed by atoms with Gasteiger partial charge < -0.3 is 15.4 Å². The van der Waals surface area contributed by atoms with Crippen molar-refractivity contribution in [2.45, 2.75) is 52.6 Å². The zero-order valence-electron chi connectivity index (χ0n) is 15.7. The summed E-state index contributed by atoms with van der Waals surface area (Å²) in [6.45, 7) is 7.32. The van der Waals surface area contributed by atoms with Crippen molar-refractivity contribution in [3.05, 3.63) is 34.9 Å². The van der Waals surface area contributed by atoms with Gasteiger partial charge in [-0.05, 0) is 49.9 Å². The van der Waals surface area contributed by atoms with Crippen molar-refractivity contribution in [2.24, 2.45) is 5.92 Å². The molecule has 1 aromatic carbocycles. The van der Waals surface area contributed by atoms with Crippen molar-refractivity contribution in [3.63, 3.8) is 0 Å². The van der Waals surface area contributed by atoms with Crippen LogP contribution in [0.15, 0.2) is 24.3 Å². The Morgan fingerprint density at radius 3 is 2.23 bits per heavy atom. The monoisotopic (exact) mass is 382 g/mol. The third-order valence-corrected chi connectivity index (χ3v) is 4.02. The molecule has 2 amide bonds. The topological polar surface area (TPSA) is 84.5 Å². The first-order valence-corrected chi connectivity index (χ1v) is 9.13. The first-order valence-electron chi connectivity index (χ1n) is 8.75. The van der Waals surface area contributed by atoms with E-state index in [1.807, 2.05) is 27.7 Å². The maximum absolute atomic E-state index is 12.3. The van der Waals surface area contributed by atoms with E-state index in [0.717, 1.165) is 6.42 Å². The molecular formula is C19H27ClN2O4. The molecule has 0 saturated heterocycles. The van der Waals surface area contributed by atoms with Crippen LogP contribution in [-0.2, 0) is 14.3 Å². The predicted octanol–water partition coefficient (Wildman–Crippen LogP) is 2.94. The first kappa shape index (κ1) is 22.0. The number of carbonyl (C=O) groups excluding carboxylic acids is 3. The van der Waals surface area contributed by atoms with E-state index in [-0.39, 0.29) is 24.5 Å². The highest BCUT2D eigenvalue weighted by Gasteiger charge is 2.24. The van der Waals surface area contributed by atoms with Gasteiger partial charge in [-0.3, -0.25) is 9.59 Å². The third-order valence-electron chi connectivity index (χ3n) is 3.77. The van der Waals surface area contributed by atoms with E-state index in [1.54, 1.807) is 24.3 Å². The summed E-state index contributed by atoms with van der Waals surface area (Å²) in [5, 5.41) is 5.91. The SMILES string of the molecule is CCC(C)NC(=O)COC(=O)C(CC(C)C)NC(=O)c1ccc(Cl)cc1. The number of nitrogens with one attached hydrogen (secondary N) is 2. The molecule has 7 heteroatoms. The summed E-state index contributed by atoms with van der Waals surface area (Å²) >= 11 is 5.81. The Balaban J connectivity index is 2.67. The molecule has 0 aliphatic rings. The molecule has 0 saturated carbocycles. The van der Waals surface area contributed by atoms with E-state index in [9.17, 15) is 14.4 Å². The standard InChI is InChI=1S/C19H27ClN2O4/c1-5-13(4)21-17(23)11-26-19(25)16(10-12(2)3)22-18(24)14-6-8-15(20)9-7-14/h6-9,12-13,16H,5,10-11H2,1-4H3,(H,21,23)(H,22,24). The van der Waals surface area contributed by atoms with Gasteiger partial charge in [0.1, 0.15) is 6.04 Å². The van der Waals surface area contributed by atoms with E-state index >= 15 is 0 Å². The maximum atomic E-state index is 12.3. The zero-order valence-corrected chi connectivity index (χ0v) is 16.4. The molecule has 2 N–H and O–H groups in total. The summed E-state index contributed by atoms with van der Waals surface area (Å²) < 4.78 is 5.08. The summed E-state index contributed by atoms with van der Waals surface area (Å²) in [4.78, 5) is 36.4. The van der Waals surface area contributed by atoms with E-state index in [4.69, 9.17) is 16.3 Å². The Bertz CT molecular complexity index is 616. The molecule has 2 atom stereocenters. The number of esters is 1. The van der Waals surface area contributed by atoms with E-state index in [1.165, 1.54) is 0 Å². The third kappa shape index (κ3) is 7.87. The van der Waals surface area contributed by atoms with Crippen LogP contribution in [0.5, 0.6) is 0 Å². The van der Waals surface area contributed by atoms with Crippen LogP contribution in [0, 0.1) is 5.92 Å². The fourth-order valence-corrected chi connectivity index (χ4v) is 2.31. The average Bonchev–Trinajstić information content (AvgIpc) is 2.59. The molecule has 0 spiro atoms. The van der Waals surface area contributed by atoms with Crippen LogP contribution in [0.1, 0.15) is 50.9 Å². The molecule has 1 rings (SSSR count). The van der Waals surface area contributed by atoms with Crippen LogP contribution < -0.4 is 10.6 Å². The fourth-order valence-electron chi connectivity index (χ4n) is 2.18. The molecule has 1 aromatic rings. The summed E-state index contributed by atoms with van der Waals surface area (Å²) in [7, 11) is 0. The smallest absolute Gasteiger partial charge is 0.329 e. The van der Waals surface area contributed by atoms with Crippen molar-refractivity contribution in [1.82, 2.24) is 10.6 Å². The highest BCUT2D eigenvalue weighted by Crippen LogP contribution is 2.11. The molecule has 0 fully saturated rings. The molecule has 6 nitrogen and oxygen atoms in total. The Morgan fingerprint density at radius 1 is 1.08 bits per heavy atom. The molecule has 0 heterocycles. The minimum absolute atomic E-state index is 0.0114. The highest BCUT2D eigenvalue weighted by atomic mass is 35.5. The fraction of sp³-hybridized carbons (Fsp3) is 0.526. The van der Waals surface area contributed by atoms with Crippen molar-refractivity contribution < 1.29 is 19.1 Å². The summed E-state index contributed by atoms with van der Waals surface area (Å²) in [5.74, 6) is -1.22. The van der Waals surface area contributed by atoms with Crippen molar-refractivity contribution in [3.8, 4) is 0 Å². The van der Waals surface area contributed by atoms with E-state index in [2.05, 4.69) is 10.6 Å². The van der Waals surface area contributed by atoms with Gasteiger partial charge in [-0.1, -0.05) is 32.4 Å². The minimum atomic E-state index is -0.824. The number of amides is 2. The van der Waals surface area contributed by atoms with Gasteiger partial charge in [0.25, 0.3) is 11.8 Å². The second-order valence-electron chi connectivity index (χ2n) is 6.65. The molecule has 0 bridgehead atoms. The summed E-state index contributed by atoms with van der Waals surface area (Å²) in [5.41, 5.74) is 0.394. The lowest BCUT2D eigenvalue weighted by Crippen LogP contribution is -2.44. The Hall–Kier alpha value is -2.08. The number of hydrogen-bond acceptors (Lipinski definition) is 4. The van der Waals surface area contributed by atoms with Gasteiger partial charge >= 0.3 is 5.97 Å². The Kier molecular flexibility index (Phi) is 9.13. The maximum Gasteiger partial charge on any atom is 0.329 e. The molecule has 144 valence electrons. The number of carbonyl (C=O) groups is 3. The van der Waals surface area contributed by atoms with Crippen LogP contribution in [0.3, 0.4) is 0 Å². The van der Waals surface area contributed by atoms with Crippen LogP contribution in [0.4, 0.5) is 0 Å². The summed E-state index contributed by atoms with van der Waals surface area (Å²) in [6, 6.07) is 5.55. The molecular weight excluding hydrogens is 356 g/mol. The van der Waals surface area contributed by atoms with Crippen LogP contribution >= 0.6 is 11.6 Å². The molecule has 0 aliphatic heterocycles. The second kappa shape index (κ2) is 10.8. The molecule has 0 radical (unpaired) electrons. The Labute approximate surface area is 159 Å². The van der Waals surface area contributed by atoms with E-state index < -0.39 is 17.9 Å². The van der Waals surface area contributed by atoms with Crippen molar-refractivity contribution in [1.29, 1.82) is 0 Å². The first-order chi connectivity index (χ1) is 12.2. The molecule has 26 heavy (non-hydrogen) atoms. The predicted molar refractivity (Wildman–Crippen MR) is 101 cm³/mol. The van der Waals surface area contributed by atoms with Crippen LogP contribution in [-0.4, -0.2) is 36.5 Å². The number of benzene rings is 1. The molecule has 0 aliphatic carbocycles. The molecule has 0 aromatic heterocycles. The molecule has 2 unspecified atom stereocenters. The van der Waals surface area contributed by atoms with Crippen molar-refractivity contribution in [2.75, 3.05) is 6.61 Å². The van der Waals surface area contributed by atoms with Gasteiger partial charge in [0.15, 0.2) is 6.61 Å². The Morgan fingerprint density at radius 2 is 1.69 bits per heavy atom. The van der Waals surface area contributed by atoms with E-state index in [0.29, 0.717) is 17.0 Å². The number of halogens is 1. The second-order valence-corrected chi connectivity index (χ2v) is 7.08. The van der Waals surface area contributed by atoms with Gasteiger partial charge in [0, 0.05) is 16.6 Å². The van der Waals surface area contributed by atoms with Gasteiger partial charge in [-0.25, -0.2) is 4.79 Å². The lowest BCUT2D eigenvalue weighted by atomic mass is 10.0. The lowest BCUT2D eigenvalue weighted by molar-refractivity contribution is -0.150. The van der Waals surface area contributed by atoms with Gasteiger partial charge in [0.05, 0.1) is 0 Å². The van der Waals surface area contributed by atoms with Crippen molar-refractivity contribution >= 4 is 29.4 Å². The number of rotatable bonds is 9. The largest absolute Gasteiger partial charge is 0.454 e. The van der Waals surface area contributed by atoms with Gasteiger partial charge in [0.2, 0.25) is 0 Å². The number of ether oxygens (including phenoxy) is 1. The minimum Gasteiger partial charge on any atom is -0.454 e. The van der Waals surface area contributed by atoms with Crippen LogP contribution in [0.25, 0.3) is 0 Å².